The number of hydrogen-bond donors (Lipinski definition) is 6. The summed E-state index contributed by atoms with van der Waals surface area (Å²) in [6, 6.07) is 9.12. The van der Waals surface area contributed by atoms with Crippen LogP contribution in [0.2, 0.25) is 0 Å². The lowest BCUT2D eigenvalue weighted by molar-refractivity contribution is -0.160. The fourth-order valence-corrected chi connectivity index (χ4v) is 7.95. The number of amides is 1. The number of aliphatic hydroxyl groups is 2. The van der Waals surface area contributed by atoms with Crippen molar-refractivity contribution in [1.29, 1.82) is 0 Å². The van der Waals surface area contributed by atoms with E-state index in [9.17, 15) is 34.8 Å². The van der Waals surface area contributed by atoms with Gasteiger partial charge in [-0.05, 0) is 19.9 Å². The van der Waals surface area contributed by atoms with Gasteiger partial charge in [0.05, 0.1) is 41.0 Å². The fourth-order valence-electron chi connectivity index (χ4n) is 7.95. The number of carbonyl (C=O) groups excluding carboxylic acids is 3. The van der Waals surface area contributed by atoms with Crippen LogP contribution in [0.5, 0.6) is 17.2 Å². The average Bonchev–Trinajstić information content (AvgIpc) is 3.76. The molecule has 0 aliphatic carbocycles. The third-order valence-electron chi connectivity index (χ3n) is 11.5. The molecule has 4 bridgehead atoms. The summed E-state index contributed by atoms with van der Waals surface area (Å²) in [5, 5.41) is 49.2. The molecular weight excluding hydrogens is 746 g/mol. The Morgan fingerprint density at radius 1 is 0.931 bits per heavy atom. The number of benzene rings is 3. The molecule has 0 radical (unpaired) electrons. The number of ketones is 1. The van der Waals surface area contributed by atoms with Crippen molar-refractivity contribution >= 4 is 45.2 Å². The van der Waals surface area contributed by atoms with E-state index in [4.69, 9.17) is 23.9 Å². The molecule has 308 valence electrons. The normalized spacial score (nSPS) is 30.4. The zero-order chi connectivity index (χ0) is 42.4. The second-order valence-corrected chi connectivity index (χ2v) is 15.5. The summed E-state index contributed by atoms with van der Waals surface area (Å²) in [4.78, 5) is 48.7. The molecule has 0 saturated carbocycles. The number of aromatic amines is 1. The third kappa shape index (κ3) is 7.43. The van der Waals surface area contributed by atoms with Crippen molar-refractivity contribution in [2.75, 3.05) is 12.4 Å². The zero-order valence-corrected chi connectivity index (χ0v) is 34.0. The summed E-state index contributed by atoms with van der Waals surface area (Å²) in [5.41, 5.74) is 1.31. The standard InChI is InChI=1S/C44H51N3O11/c1-20-14-13-15-21(2)43(54)47-34-33-32(45-42(46-33)27-16-11-10-12-17-27)29-30(38(34)52)37(51)25(6)40-31(29)41(53)44(8,58-40)56-19-18-28(55-9)22(3)39(57-26(7)48)24(5)36(50)23(4)35(20)49/h10-20,22-24,28,35-36,39,49-52H,1-9H3,(H,45,46)(H,47,54)/b14-13+,19-18-,21-15-. The number of phenolic OH excluding ortho intramolecular Hbond substituents is 2. The summed E-state index contributed by atoms with van der Waals surface area (Å²) < 4.78 is 23.8. The van der Waals surface area contributed by atoms with Crippen LogP contribution in [0, 0.1) is 30.6 Å². The van der Waals surface area contributed by atoms with Gasteiger partial charge < -0.3 is 49.7 Å². The minimum Gasteiger partial charge on any atom is -0.507 e. The molecule has 0 saturated heterocycles. The number of phenols is 2. The van der Waals surface area contributed by atoms with E-state index in [0.29, 0.717) is 11.4 Å². The van der Waals surface area contributed by atoms with Crippen molar-refractivity contribution in [2.45, 2.75) is 85.6 Å². The summed E-state index contributed by atoms with van der Waals surface area (Å²) in [5.74, 6) is -6.70. The lowest BCUT2D eigenvalue weighted by Gasteiger charge is -2.38. The highest BCUT2D eigenvalue weighted by atomic mass is 16.7. The van der Waals surface area contributed by atoms with E-state index in [0.717, 1.165) is 0 Å². The molecule has 0 spiro atoms. The van der Waals surface area contributed by atoms with Gasteiger partial charge in [0.1, 0.15) is 34.6 Å². The molecule has 3 aromatic carbocycles. The number of nitrogens with one attached hydrogen (secondary N) is 2. The van der Waals surface area contributed by atoms with E-state index >= 15 is 0 Å². The predicted octanol–water partition coefficient (Wildman–Crippen LogP) is 6.59. The predicted molar refractivity (Wildman–Crippen MR) is 217 cm³/mol. The second-order valence-electron chi connectivity index (χ2n) is 15.5. The molecule has 9 unspecified atom stereocenters. The van der Waals surface area contributed by atoms with E-state index in [2.05, 4.69) is 10.3 Å². The van der Waals surface area contributed by atoms with Crippen molar-refractivity contribution in [3.8, 4) is 28.6 Å². The Hall–Kier alpha value is -5.70. The number of imidazole rings is 1. The van der Waals surface area contributed by atoms with Gasteiger partial charge in [-0.2, -0.15) is 0 Å². The number of Topliss-reactive ketones (excluding diaryl/α,β-unsaturated/α-hetero) is 1. The van der Waals surface area contributed by atoms with E-state index in [-0.39, 0.29) is 49.9 Å². The minimum absolute atomic E-state index is 0.000907. The number of nitrogens with zero attached hydrogens (tertiary/aromatic N) is 1. The maximum Gasteiger partial charge on any atom is 0.312 e. The number of ether oxygens (including phenoxy) is 4. The number of hydrogen-bond acceptors (Lipinski definition) is 12. The highest BCUT2D eigenvalue weighted by Gasteiger charge is 2.49. The number of carbonyl (C=O) groups is 3. The third-order valence-corrected chi connectivity index (χ3v) is 11.5. The maximum absolute atomic E-state index is 14.6. The number of fused-ring (bicyclic) bond motifs is 1. The van der Waals surface area contributed by atoms with Gasteiger partial charge in [0.15, 0.2) is 5.75 Å². The molecule has 2 aliphatic rings. The van der Waals surface area contributed by atoms with Crippen molar-refractivity contribution in [1.82, 2.24) is 9.97 Å². The number of methoxy groups -OCH3 is 1. The maximum atomic E-state index is 14.6. The van der Waals surface area contributed by atoms with Gasteiger partial charge in [0, 0.05) is 66.7 Å². The zero-order valence-electron chi connectivity index (χ0n) is 34.0. The van der Waals surface area contributed by atoms with Gasteiger partial charge >= 0.3 is 11.8 Å². The quantitative estimate of drug-likeness (QED) is 0.0958. The van der Waals surface area contributed by atoms with Gasteiger partial charge in [0.2, 0.25) is 0 Å². The molecule has 1 aromatic heterocycles. The van der Waals surface area contributed by atoms with Crippen molar-refractivity contribution in [3.05, 3.63) is 77.6 Å². The topological polar surface area (TPSA) is 210 Å². The van der Waals surface area contributed by atoms with Crippen molar-refractivity contribution < 1.29 is 53.8 Å². The monoisotopic (exact) mass is 797 g/mol. The highest BCUT2D eigenvalue weighted by molar-refractivity contribution is 6.28. The summed E-state index contributed by atoms with van der Waals surface area (Å²) >= 11 is 0. The van der Waals surface area contributed by atoms with Crippen LogP contribution >= 0.6 is 0 Å². The molecule has 4 aromatic rings. The minimum atomic E-state index is -1.97. The van der Waals surface area contributed by atoms with Crippen molar-refractivity contribution in [2.24, 2.45) is 23.7 Å². The number of esters is 1. The fraction of sp³-hybridized carbons (Fsp3) is 0.409. The van der Waals surface area contributed by atoms with E-state index in [1.807, 2.05) is 30.3 Å². The van der Waals surface area contributed by atoms with Crippen LogP contribution in [0.15, 0.2) is 66.5 Å². The SMILES string of the molecule is COC1/C=C\OC2(C)Oc3c(C)c(O)c4c(O)c(c5[nH]c(-c6ccccc6)nc5c4c3C2=O)NC(=O)/C(C)=C\C=C\C(C)C(O)C(C)C(O)C(C)C(OC(C)=O)C1C. The first-order valence-corrected chi connectivity index (χ1v) is 19.2. The molecule has 14 heteroatoms. The molecule has 6 N–H and O–H groups in total. The van der Waals surface area contributed by atoms with Gasteiger partial charge in [0.25, 0.3) is 11.7 Å². The number of aliphatic hydroxyl groups excluding tert-OH is 2. The Morgan fingerprint density at radius 2 is 1.62 bits per heavy atom. The van der Waals surface area contributed by atoms with Crippen LogP contribution in [0.1, 0.15) is 64.4 Å². The average molecular weight is 798 g/mol. The van der Waals surface area contributed by atoms with Crippen LogP contribution in [-0.2, 0) is 23.8 Å². The number of allylic oxidation sites excluding steroid dienone is 2. The van der Waals surface area contributed by atoms with E-state index in [1.54, 1.807) is 52.8 Å². The van der Waals surface area contributed by atoms with E-state index in [1.165, 1.54) is 40.2 Å². The molecular formula is C44H51N3O11. The van der Waals surface area contributed by atoms with Gasteiger partial charge in [-0.3, -0.25) is 14.4 Å². The van der Waals surface area contributed by atoms with Crippen LogP contribution in [0.25, 0.3) is 33.2 Å². The largest absolute Gasteiger partial charge is 0.507 e. The number of H-pyrrole nitrogens is 1. The molecule has 9 atom stereocenters. The van der Waals surface area contributed by atoms with Crippen LogP contribution in [0.4, 0.5) is 5.69 Å². The van der Waals surface area contributed by atoms with Crippen LogP contribution in [0.3, 0.4) is 0 Å². The van der Waals surface area contributed by atoms with Crippen molar-refractivity contribution in [3.63, 3.8) is 0 Å². The Morgan fingerprint density at radius 3 is 2.28 bits per heavy atom. The lowest BCUT2D eigenvalue weighted by atomic mass is 9.78. The molecule has 6 rings (SSSR count). The Bertz CT molecular complexity index is 2350. The number of anilines is 1. The number of aromatic nitrogens is 2. The molecule has 0 fully saturated rings. The first-order valence-electron chi connectivity index (χ1n) is 19.2. The smallest absolute Gasteiger partial charge is 0.312 e. The molecule has 3 heterocycles. The lowest BCUT2D eigenvalue weighted by Crippen LogP contribution is -2.46. The van der Waals surface area contributed by atoms with Crippen LogP contribution in [-0.4, -0.2) is 85.4 Å². The summed E-state index contributed by atoms with van der Waals surface area (Å²) in [7, 11) is 1.46. The van der Waals surface area contributed by atoms with Gasteiger partial charge in [-0.1, -0.05) is 76.3 Å². The Balaban J connectivity index is 1.56. The van der Waals surface area contributed by atoms with Crippen LogP contribution < -0.4 is 10.1 Å². The first kappa shape index (κ1) is 41.9. The first-order chi connectivity index (χ1) is 27.4. The number of aromatic hydroxyl groups is 2. The number of rotatable bonds is 3. The van der Waals surface area contributed by atoms with E-state index < -0.39 is 83.0 Å². The van der Waals surface area contributed by atoms with Gasteiger partial charge in [-0.15, -0.1) is 0 Å². The van der Waals surface area contributed by atoms with Gasteiger partial charge in [-0.25, -0.2) is 4.98 Å². The highest BCUT2D eigenvalue weighted by Crippen LogP contribution is 2.54. The second kappa shape index (κ2) is 16.3. The Labute approximate surface area is 336 Å². The molecule has 1 amide bonds. The molecule has 2 aliphatic heterocycles. The summed E-state index contributed by atoms with van der Waals surface area (Å²) in [6.45, 7) is 12.8. The molecule has 58 heavy (non-hydrogen) atoms. The molecule has 14 nitrogen and oxygen atoms in total. The Kier molecular flexibility index (Phi) is 11.8. The summed E-state index contributed by atoms with van der Waals surface area (Å²) in [6.07, 6.45) is 3.84.